The van der Waals surface area contributed by atoms with Crippen molar-refractivity contribution in [3.8, 4) is 11.3 Å². The van der Waals surface area contributed by atoms with Gasteiger partial charge >= 0.3 is 0 Å². The lowest BCUT2D eigenvalue weighted by Gasteiger charge is -2.22. The third-order valence-corrected chi connectivity index (χ3v) is 6.79. The van der Waals surface area contributed by atoms with Gasteiger partial charge in [0.15, 0.2) is 16.6 Å². The average molecular weight is 453 g/mol. The van der Waals surface area contributed by atoms with Crippen molar-refractivity contribution in [1.29, 1.82) is 0 Å². The molecule has 1 aliphatic heterocycles. The molecule has 5 rings (SSSR count). The molecule has 168 valence electrons. The zero-order valence-electron chi connectivity index (χ0n) is 17.7. The molecule has 4 heterocycles. The molecule has 1 aliphatic rings. The van der Waals surface area contributed by atoms with E-state index in [-0.39, 0.29) is 13.2 Å². The van der Waals surface area contributed by atoms with Gasteiger partial charge in [-0.15, -0.1) is 11.3 Å². The molecular weight excluding hydrogens is 423 g/mol. The van der Waals surface area contributed by atoms with Gasteiger partial charge in [0, 0.05) is 23.9 Å². The summed E-state index contributed by atoms with van der Waals surface area (Å²) in [5.74, 6) is 1.18. The van der Waals surface area contributed by atoms with Gasteiger partial charge in [-0.2, -0.15) is 9.61 Å². The van der Waals surface area contributed by atoms with Crippen LogP contribution in [-0.2, 0) is 6.42 Å². The highest BCUT2D eigenvalue weighted by molar-refractivity contribution is 7.14. The lowest BCUT2D eigenvalue weighted by atomic mass is 9.94. The number of fused-ring (bicyclic) bond motifs is 1. The van der Waals surface area contributed by atoms with Gasteiger partial charge in [0.25, 0.3) is 0 Å². The average Bonchev–Trinajstić information content (AvgIpc) is 3.44. The maximum absolute atomic E-state index is 13.3. The molecule has 0 radical (unpaired) electrons. The summed E-state index contributed by atoms with van der Waals surface area (Å²) in [5.41, 5.74) is 4.71. The maximum atomic E-state index is 13.3. The van der Waals surface area contributed by atoms with Gasteiger partial charge in [-0.25, -0.2) is 14.4 Å². The van der Waals surface area contributed by atoms with E-state index in [0.717, 1.165) is 71.6 Å². The largest absolute Gasteiger partial charge is 0.317 e. The Bertz CT molecular complexity index is 1190. The van der Waals surface area contributed by atoms with Crippen LogP contribution in [0.4, 0.5) is 15.3 Å². The summed E-state index contributed by atoms with van der Waals surface area (Å²) in [7, 11) is 2.01. The Morgan fingerprint density at radius 1 is 1.12 bits per heavy atom. The van der Waals surface area contributed by atoms with Gasteiger partial charge in [-0.3, -0.25) is 0 Å². The first-order valence-corrected chi connectivity index (χ1v) is 11.6. The number of thiazole rings is 1. The summed E-state index contributed by atoms with van der Waals surface area (Å²) in [6, 6.07) is 10.6. The second kappa shape index (κ2) is 9.34. The first kappa shape index (κ1) is 22.4. The highest BCUT2D eigenvalue weighted by atomic mass is 32.1. The quantitative estimate of drug-likeness (QED) is 0.438. The molecule has 1 aromatic carbocycles. The maximum Gasteiger partial charge on any atom is 0.191 e. The molecule has 0 aliphatic carbocycles. The molecule has 0 unspecified atom stereocenters. The van der Waals surface area contributed by atoms with Gasteiger partial charge < -0.3 is 10.2 Å². The van der Waals surface area contributed by atoms with Crippen LogP contribution in [0, 0.1) is 5.82 Å². The van der Waals surface area contributed by atoms with E-state index in [0.29, 0.717) is 5.92 Å². The lowest BCUT2D eigenvalue weighted by molar-refractivity contribution is 0.449. The smallest absolute Gasteiger partial charge is 0.191 e. The van der Waals surface area contributed by atoms with E-state index in [1.165, 1.54) is 12.1 Å². The highest BCUT2D eigenvalue weighted by Gasteiger charge is 2.22. The van der Waals surface area contributed by atoms with Crippen molar-refractivity contribution >= 4 is 27.9 Å². The summed E-state index contributed by atoms with van der Waals surface area (Å²) < 4.78 is 15.2. The van der Waals surface area contributed by atoms with E-state index >= 15 is 0 Å². The van der Waals surface area contributed by atoms with E-state index in [1.807, 2.05) is 16.9 Å². The first-order valence-electron chi connectivity index (χ1n) is 10.7. The minimum atomic E-state index is -0.245. The molecule has 1 fully saturated rings. The molecule has 3 aromatic heterocycles. The Kier molecular flexibility index (Phi) is 6.53. The normalized spacial score (nSPS) is 14.5. The summed E-state index contributed by atoms with van der Waals surface area (Å²) in [5, 5.41) is 11.3. The van der Waals surface area contributed by atoms with E-state index in [1.54, 1.807) is 23.5 Å². The second-order valence-electron chi connectivity index (χ2n) is 7.87. The van der Waals surface area contributed by atoms with Crippen LogP contribution in [0.1, 0.15) is 44.5 Å². The Balaban J connectivity index is 0.00000245. The fourth-order valence-electron chi connectivity index (χ4n) is 4.15. The fourth-order valence-corrected chi connectivity index (χ4v) is 4.95. The van der Waals surface area contributed by atoms with Gasteiger partial charge in [-0.1, -0.05) is 14.4 Å². The number of benzene rings is 1. The van der Waals surface area contributed by atoms with Crippen molar-refractivity contribution in [3.63, 3.8) is 0 Å². The summed E-state index contributed by atoms with van der Waals surface area (Å²) in [4.78, 5) is 11.7. The molecule has 1 saturated heterocycles. The standard InChI is InChI=1S/C23H25FN6S.CH4/c1-3-18-22(29(2)23-27-20(14-31-23)15-4-6-17(24)7-5-15)30-21(26-18)9-8-19(28-30)16-10-12-25-13-11-16;/h4-9,14,16,25H,3,10-13H2,1-2H3;1H4. The Hall–Kier alpha value is -2.84. The Labute approximate surface area is 192 Å². The Morgan fingerprint density at radius 2 is 1.88 bits per heavy atom. The van der Waals surface area contributed by atoms with E-state index in [4.69, 9.17) is 15.1 Å². The number of piperidine rings is 1. The molecule has 1 N–H and O–H groups in total. The van der Waals surface area contributed by atoms with Gasteiger partial charge in [0.05, 0.1) is 17.1 Å². The molecule has 0 amide bonds. The summed E-state index contributed by atoms with van der Waals surface area (Å²) >= 11 is 1.56. The number of rotatable bonds is 5. The third kappa shape index (κ3) is 4.12. The van der Waals surface area contributed by atoms with Crippen molar-refractivity contribution in [2.24, 2.45) is 0 Å². The van der Waals surface area contributed by atoms with Gasteiger partial charge in [0.2, 0.25) is 0 Å². The number of halogens is 1. The van der Waals surface area contributed by atoms with Crippen molar-refractivity contribution in [2.45, 2.75) is 39.5 Å². The van der Waals surface area contributed by atoms with Crippen LogP contribution in [0.15, 0.2) is 41.8 Å². The van der Waals surface area contributed by atoms with Crippen molar-refractivity contribution in [3.05, 3.63) is 59.0 Å². The minimum absolute atomic E-state index is 0. The van der Waals surface area contributed by atoms with E-state index < -0.39 is 0 Å². The number of aromatic nitrogens is 4. The zero-order valence-corrected chi connectivity index (χ0v) is 18.5. The minimum Gasteiger partial charge on any atom is -0.317 e. The molecule has 6 nitrogen and oxygen atoms in total. The topological polar surface area (TPSA) is 58.4 Å². The summed E-state index contributed by atoms with van der Waals surface area (Å²) in [6.07, 6.45) is 3.01. The van der Waals surface area contributed by atoms with Crippen LogP contribution in [-0.4, -0.2) is 39.7 Å². The molecule has 0 spiro atoms. The van der Waals surface area contributed by atoms with Crippen molar-refractivity contribution in [2.75, 3.05) is 25.0 Å². The molecule has 4 aromatic rings. The van der Waals surface area contributed by atoms with Gasteiger partial charge in [-0.05, 0) is 68.8 Å². The molecule has 0 bridgehead atoms. The number of nitrogens with one attached hydrogen (secondary N) is 1. The summed E-state index contributed by atoms with van der Waals surface area (Å²) in [6.45, 7) is 4.18. The lowest BCUT2D eigenvalue weighted by Crippen LogP contribution is -2.27. The van der Waals surface area contributed by atoms with Crippen LogP contribution in [0.5, 0.6) is 0 Å². The van der Waals surface area contributed by atoms with Crippen LogP contribution >= 0.6 is 11.3 Å². The molecule has 0 saturated carbocycles. The third-order valence-electron chi connectivity index (χ3n) is 5.87. The van der Waals surface area contributed by atoms with Crippen LogP contribution < -0.4 is 10.2 Å². The highest BCUT2D eigenvalue weighted by Crippen LogP contribution is 2.34. The van der Waals surface area contributed by atoms with Crippen molar-refractivity contribution < 1.29 is 4.39 Å². The van der Waals surface area contributed by atoms with Crippen LogP contribution in [0.25, 0.3) is 16.9 Å². The van der Waals surface area contributed by atoms with Gasteiger partial charge in [0.1, 0.15) is 5.82 Å². The molecule has 32 heavy (non-hydrogen) atoms. The number of aryl methyl sites for hydroxylation is 1. The second-order valence-corrected chi connectivity index (χ2v) is 8.71. The van der Waals surface area contributed by atoms with E-state index in [9.17, 15) is 4.39 Å². The van der Waals surface area contributed by atoms with E-state index in [2.05, 4.69) is 29.3 Å². The molecule has 0 atom stereocenters. The Morgan fingerprint density at radius 3 is 2.59 bits per heavy atom. The fraction of sp³-hybridized carbons (Fsp3) is 0.375. The number of nitrogens with zero attached hydrogens (tertiary/aromatic N) is 5. The predicted octanol–water partition coefficient (Wildman–Crippen LogP) is 5.43. The SMILES string of the molecule is C.CCc1nc2ccc(C3CCNCC3)nn2c1N(C)c1nc(-c2ccc(F)cc2)cs1. The predicted molar refractivity (Wildman–Crippen MR) is 130 cm³/mol. The number of hydrogen-bond donors (Lipinski definition) is 1. The zero-order chi connectivity index (χ0) is 21.4. The molecular formula is C24H29FN6S. The first-order chi connectivity index (χ1) is 15.1. The van der Waals surface area contributed by atoms with Crippen LogP contribution in [0.2, 0.25) is 0 Å². The molecule has 8 heteroatoms. The van der Waals surface area contributed by atoms with Crippen molar-refractivity contribution in [1.82, 2.24) is 24.9 Å². The monoisotopic (exact) mass is 452 g/mol. The number of hydrogen-bond acceptors (Lipinski definition) is 6. The number of anilines is 2. The number of imidazole rings is 1. The van der Waals surface area contributed by atoms with Crippen LogP contribution in [0.3, 0.4) is 0 Å².